The minimum atomic E-state index is -0.931. The lowest BCUT2D eigenvalue weighted by Crippen LogP contribution is -2.25. The molecule has 0 aliphatic rings. The number of benzene rings is 1. The molecule has 1 aromatic carbocycles. The molecule has 0 aliphatic heterocycles. The fourth-order valence-electron chi connectivity index (χ4n) is 2.19. The standard InChI is InChI=1S/C17H28O2S/c1-15(2,3)11-9-12(16(4,5)18)14(20-8)13(10-11)17(6,7)19/h9-10,18-19H,1-8H3. The lowest BCUT2D eigenvalue weighted by Gasteiger charge is -2.31. The summed E-state index contributed by atoms with van der Waals surface area (Å²) in [4.78, 5) is 0.970. The summed E-state index contributed by atoms with van der Waals surface area (Å²) < 4.78 is 0. The van der Waals surface area contributed by atoms with Crippen LogP contribution in [0.25, 0.3) is 0 Å². The molecule has 20 heavy (non-hydrogen) atoms. The average molecular weight is 296 g/mol. The van der Waals surface area contributed by atoms with Crippen LogP contribution in [-0.4, -0.2) is 16.5 Å². The van der Waals surface area contributed by atoms with Crippen LogP contribution < -0.4 is 0 Å². The van der Waals surface area contributed by atoms with Gasteiger partial charge in [-0.25, -0.2) is 0 Å². The maximum atomic E-state index is 10.5. The van der Waals surface area contributed by atoms with Crippen molar-refractivity contribution < 1.29 is 10.2 Å². The van der Waals surface area contributed by atoms with Crippen molar-refractivity contribution in [3.05, 3.63) is 28.8 Å². The lowest BCUT2D eigenvalue weighted by molar-refractivity contribution is 0.0659. The van der Waals surface area contributed by atoms with Gasteiger partial charge in [-0.1, -0.05) is 32.9 Å². The summed E-state index contributed by atoms with van der Waals surface area (Å²) in [5.41, 5.74) is 1.00. The van der Waals surface area contributed by atoms with E-state index in [-0.39, 0.29) is 5.41 Å². The van der Waals surface area contributed by atoms with Crippen LogP contribution >= 0.6 is 11.8 Å². The predicted octanol–water partition coefficient (Wildman–Crippen LogP) is 4.16. The van der Waals surface area contributed by atoms with Crippen molar-refractivity contribution >= 4 is 11.8 Å². The van der Waals surface area contributed by atoms with Gasteiger partial charge in [0.2, 0.25) is 0 Å². The first-order valence-electron chi connectivity index (χ1n) is 6.96. The SMILES string of the molecule is CSc1c(C(C)(C)O)cc(C(C)(C)C)cc1C(C)(C)O. The first-order chi connectivity index (χ1) is 8.78. The van der Waals surface area contributed by atoms with Crippen molar-refractivity contribution in [2.24, 2.45) is 0 Å². The molecule has 1 aromatic rings. The Morgan fingerprint density at radius 3 is 1.35 bits per heavy atom. The van der Waals surface area contributed by atoms with Gasteiger partial charge in [0.1, 0.15) is 0 Å². The lowest BCUT2D eigenvalue weighted by atomic mass is 9.80. The molecule has 1 rings (SSSR count). The van der Waals surface area contributed by atoms with E-state index in [1.54, 1.807) is 39.5 Å². The fourth-order valence-corrected chi connectivity index (χ4v) is 3.25. The number of thioether (sulfide) groups is 1. The molecule has 2 N–H and O–H groups in total. The summed E-state index contributed by atoms with van der Waals surface area (Å²) in [5, 5.41) is 21.0. The van der Waals surface area contributed by atoms with Crippen LogP contribution in [0.2, 0.25) is 0 Å². The minimum Gasteiger partial charge on any atom is -0.386 e. The van der Waals surface area contributed by atoms with E-state index in [1.807, 2.05) is 6.26 Å². The van der Waals surface area contributed by atoms with E-state index in [2.05, 4.69) is 32.9 Å². The quantitative estimate of drug-likeness (QED) is 0.823. The molecule has 0 atom stereocenters. The zero-order valence-corrected chi connectivity index (χ0v) is 14.8. The van der Waals surface area contributed by atoms with E-state index >= 15 is 0 Å². The van der Waals surface area contributed by atoms with Gasteiger partial charge in [0.15, 0.2) is 0 Å². The highest BCUT2D eigenvalue weighted by atomic mass is 32.2. The van der Waals surface area contributed by atoms with Crippen molar-refractivity contribution in [2.45, 2.75) is 70.0 Å². The van der Waals surface area contributed by atoms with Gasteiger partial charge in [0.05, 0.1) is 11.2 Å². The summed E-state index contributed by atoms with van der Waals surface area (Å²) in [5.74, 6) is 0. The molecule has 0 unspecified atom stereocenters. The Morgan fingerprint density at radius 1 is 0.800 bits per heavy atom. The molecule has 0 amide bonds. The molecule has 0 bridgehead atoms. The highest BCUT2D eigenvalue weighted by Crippen LogP contribution is 2.40. The van der Waals surface area contributed by atoms with E-state index in [0.29, 0.717) is 0 Å². The van der Waals surface area contributed by atoms with Crippen molar-refractivity contribution in [1.82, 2.24) is 0 Å². The van der Waals surface area contributed by atoms with Gasteiger partial charge in [-0.2, -0.15) is 0 Å². The zero-order valence-electron chi connectivity index (χ0n) is 14.0. The van der Waals surface area contributed by atoms with E-state index in [0.717, 1.165) is 21.6 Å². The smallest absolute Gasteiger partial charge is 0.0851 e. The predicted molar refractivity (Wildman–Crippen MR) is 87.4 cm³/mol. The molecular weight excluding hydrogens is 268 g/mol. The van der Waals surface area contributed by atoms with Gasteiger partial charge >= 0.3 is 0 Å². The van der Waals surface area contributed by atoms with Crippen LogP contribution in [0.1, 0.15) is 65.2 Å². The molecule has 0 fully saturated rings. The van der Waals surface area contributed by atoms with Crippen molar-refractivity contribution in [2.75, 3.05) is 6.26 Å². The first-order valence-corrected chi connectivity index (χ1v) is 8.19. The molecule has 0 saturated carbocycles. The van der Waals surface area contributed by atoms with Crippen LogP contribution in [0.15, 0.2) is 17.0 Å². The number of hydrogen-bond acceptors (Lipinski definition) is 3. The molecule has 0 spiro atoms. The Morgan fingerprint density at radius 2 is 1.15 bits per heavy atom. The molecule has 2 nitrogen and oxygen atoms in total. The van der Waals surface area contributed by atoms with Gasteiger partial charge in [-0.15, -0.1) is 11.8 Å². The summed E-state index contributed by atoms with van der Waals surface area (Å²) >= 11 is 1.58. The molecule has 0 aliphatic carbocycles. The maximum Gasteiger partial charge on any atom is 0.0851 e. The van der Waals surface area contributed by atoms with Crippen LogP contribution in [0.3, 0.4) is 0 Å². The maximum absolute atomic E-state index is 10.5. The Balaban J connectivity index is 3.75. The molecule has 0 heterocycles. The second-order valence-electron chi connectivity index (χ2n) is 7.47. The Kier molecular flexibility index (Phi) is 4.70. The number of aliphatic hydroxyl groups is 2. The second-order valence-corrected chi connectivity index (χ2v) is 8.29. The molecular formula is C17H28O2S. The average Bonchev–Trinajstić information content (AvgIpc) is 2.23. The van der Waals surface area contributed by atoms with Crippen LogP contribution in [0.4, 0.5) is 0 Å². The Labute approximate surface area is 127 Å². The number of hydrogen-bond donors (Lipinski definition) is 2. The molecule has 0 radical (unpaired) electrons. The zero-order chi connectivity index (χ0) is 15.9. The topological polar surface area (TPSA) is 40.5 Å². The monoisotopic (exact) mass is 296 g/mol. The third-order valence-electron chi connectivity index (χ3n) is 3.48. The third-order valence-corrected chi connectivity index (χ3v) is 4.33. The summed E-state index contributed by atoms with van der Waals surface area (Å²) in [6, 6.07) is 4.14. The highest BCUT2D eigenvalue weighted by Gasteiger charge is 2.30. The van der Waals surface area contributed by atoms with Crippen molar-refractivity contribution in [3.63, 3.8) is 0 Å². The summed E-state index contributed by atoms with van der Waals surface area (Å²) in [6.07, 6.45) is 1.98. The van der Waals surface area contributed by atoms with Crippen LogP contribution in [0.5, 0.6) is 0 Å². The minimum absolute atomic E-state index is 0.0308. The van der Waals surface area contributed by atoms with Gasteiger partial charge in [0, 0.05) is 4.90 Å². The number of rotatable bonds is 3. The van der Waals surface area contributed by atoms with Crippen LogP contribution in [-0.2, 0) is 16.6 Å². The molecule has 0 aromatic heterocycles. The van der Waals surface area contributed by atoms with E-state index in [9.17, 15) is 10.2 Å². The summed E-state index contributed by atoms with van der Waals surface area (Å²) in [7, 11) is 0. The molecule has 3 heteroatoms. The normalized spacial score (nSPS) is 13.7. The van der Waals surface area contributed by atoms with Gasteiger partial charge in [-0.05, 0) is 56.1 Å². The van der Waals surface area contributed by atoms with E-state index < -0.39 is 11.2 Å². The van der Waals surface area contributed by atoms with Crippen molar-refractivity contribution in [1.29, 1.82) is 0 Å². The molecule has 114 valence electrons. The van der Waals surface area contributed by atoms with Crippen LogP contribution in [0, 0.1) is 0 Å². The van der Waals surface area contributed by atoms with Gasteiger partial charge < -0.3 is 10.2 Å². The van der Waals surface area contributed by atoms with E-state index in [4.69, 9.17) is 0 Å². The van der Waals surface area contributed by atoms with E-state index in [1.165, 1.54) is 0 Å². The Hall–Kier alpha value is -0.510. The third kappa shape index (κ3) is 3.78. The second kappa shape index (κ2) is 5.36. The van der Waals surface area contributed by atoms with Gasteiger partial charge in [0.25, 0.3) is 0 Å². The highest BCUT2D eigenvalue weighted by molar-refractivity contribution is 7.98. The fraction of sp³-hybridized carbons (Fsp3) is 0.647. The van der Waals surface area contributed by atoms with Crippen molar-refractivity contribution in [3.8, 4) is 0 Å². The summed E-state index contributed by atoms with van der Waals surface area (Å²) in [6.45, 7) is 13.6. The first kappa shape index (κ1) is 17.5. The molecule has 0 saturated heterocycles. The van der Waals surface area contributed by atoms with Gasteiger partial charge in [-0.3, -0.25) is 0 Å². The largest absolute Gasteiger partial charge is 0.386 e. The Bertz CT molecular complexity index is 450.